The molecule has 6 nitrogen and oxygen atoms in total. The highest BCUT2D eigenvalue weighted by Gasteiger charge is 2.15. The molecule has 3 N–H and O–H groups in total. The molecule has 0 aliphatic carbocycles. The van der Waals surface area contributed by atoms with E-state index < -0.39 is 0 Å². The Morgan fingerprint density at radius 1 is 1.11 bits per heavy atom. The van der Waals surface area contributed by atoms with Crippen LogP contribution >= 0.6 is 23.4 Å². The monoisotopic (exact) mass is 396 g/mol. The van der Waals surface area contributed by atoms with Crippen LogP contribution in [0.25, 0.3) is 22.8 Å². The van der Waals surface area contributed by atoms with Crippen LogP contribution in [0.15, 0.2) is 59.8 Å². The van der Waals surface area contributed by atoms with Gasteiger partial charge in [0, 0.05) is 16.3 Å². The fourth-order valence-electron chi connectivity index (χ4n) is 2.64. The van der Waals surface area contributed by atoms with Crippen LogP contribution in [-0.4, -0.2) is 25.1 Å². The predicted molar refractivity (Wildman–Crippen MR) is 109 cm³/mol. The number of nitrogens with two attached hydrogens (primary N) is 1. The number of nitrogens with zero attached hydrogens (tertiary/aromatic N) is 4. The third-order valence-electron chi connectivity index (χ3n) is 4.09. The summed E-state index contributed by atoms with van der Waals surface area (Å²) in [6.45, 7) is 2.05. The van der Waals surface area contributed by atoms with Gasteiger partial charge in [-0.1, -0.05) is 65.3 Å². The standard InChI is InChI=1S/C19H17ClN6S/c1-12-5-7-14(8-6-12)16-10-17(23-22-16)18-24-25-19(26(18)21)27-11-13-3-2-4-15(20)9-13/h2-10H,11,21H2,1H3,(H,22,23). The van der Waals surface area contributed by atoms with E-state index in [2.05, 4.69) is 39.5 Å². The van der Waals surface area contributed by atoms with Gasteiger partial charge in [-0.3, -0.25) is 5.10 Å². The number of nitrogen functional groups attached to an aromatic ring is 1. The maximum atomic E-state index is 6.19. The van der Waals surface area contributed by atoms with E-state index in [0.717, 1.165) is 22.5 Å². The maximum absolute atomic E-state index is 6.19. The Morgan fingerprint density at radius 2 is 1.93 bits per heavy atom. The molecule has 0 atom stereocenters. The van der Waals surface area contributed by atoms with Gasteiger partial charge in [-0.05, 0) is 30.7 Å². The van der Waals surface area contributed by atoms with Crippen LogP contribution in [0.2, 0.25) is 5.02 Å². The average Bonchev–Trinajstić information content (AvgIpc) is 3.28. The topological polar surface area (TPSA) is 85.4 Å². The highest BCUT2D eigenvalue weighted by Crippen LogP contribution is 2.26. The van der Waals surface area contributed by atoms with E-state index in [1.807, 2.05) is 42.5 Å². The zero-order chi connectivity index (χ0) is 18.8. The zero-order valence-corrected chi connectivity index (χ0v) is 16.1. The van der Waals surface area contributed by atoms with Crippen LogP contribution < -0.4 is 5.84 Å². The van der Waals surface area contributed by atoms with Gasteiger partial charge < -0.3 is 5.84 Å². The number of hydrogen-bond donors (Lipinski definition) is 2. The average molecular weight is 397 g/mol. The smallest absolute Gasteiger partial charge is 0.210 e. The van der Waals surface area contributed by atoms with Crippen LogP contribution in [0.3, 0.4) is 0 Å². The molecule has 0 unspecified atom stereocenters. The third-order valence-corrected chi connectivity index (χ3v) is 5.34. The number of rotatable bonds is 5. The van der Waals surface area contributed by atoms with Crippen molar-refractivity contribution in [2.24, 2.45) is 0 Å². The summed E-state index contributed by atoms with van der Waals surface area (Å²) in [6, 6.07) is 17.8. The molecule has 8 heteroatoms. The highest BCUT2D eigenvalue weighted by molar-refractivity contribution is 7.98. The lowest BCUT2D eigenvalue weighted by atomic mass is 10.1. The van der Waals surface area contributed by atoms with E-state index in [1.165, 1.54) is 22.0 Å². The molecule has 4 rings (SSSR count). The van der Waals surface area contributed by atoms with Crippen molar-refractivity contribution in [2.45, 2.75) is 17.8 Å². The van der Waals surface area contributed by atoms with E-state index in [9.17, 15) is 0 Å². The number of aryl methyl sites for hydroxylation is 1. The fourth-order valence-corrected chi connectivity index (χ4v) is 3.65. The van der Waals surface area contributed by atoms with Gasteiger partial charge in [0.15, 0.2) is 0 Å². The fraction of sp³-hybridized carbons (Fsp3) is 0.105. The molecule has 0 fully saturated rings. The first-order valence-corrected chi connectivity index (χ1v) is 9.67. The molecule has 0 aliphatic rings. The maximum Gasteiger partial charge on any atom is 0.210 e. The summed E-state index contributed by atoms with van der Waals surface area (Å²) >= 11 is 7.53. The minimum Gasteiger partial charge on any atom is -0.335 e. The lowest BCUT2D eigenvalue weighted by Crippen LogP contribution is -2.11. The van der Waals surface area contributed by atoms with Crippen molar-refractivity contribution >= 4 is 23.4 Å². The quantitative estimate of drug-likeness (QED) is 0.388. The van der Waals surface area contributed by atoms with Crippen molar-refractivity contribution < 1.29 is 0 Å². The molecule has 0 bridgehead atoms. The molecule has 0 saturated heterocycles. The summed E-state index contributed by atoms with van der Waals surface area (Å²) in [5.41, 5.74) is 4.89. The van der Waals surface area contributed by atoms with Gasteiger partial charge in [0.25, 0.3) is 0 Å². The number of hydrogen-bond acceptors (Lipinski definition) is 5. The number of thioether (sulfide) groups is 1. The van der Waals surface area contributed by atoms with Gasteiger partial charge in [0.1, 0.15) is 5.69 Å². The lowest BCUT2D eigenvalue weighted by Gasteiger charge is -2.03. The summed E-state index contributed by atoms with van der Waals surface area (Å²) < 4.78 is 1.47. The number of halogens is 1. The summed E-state index contributed by atoms with van der Waals surface area (Å²) in [4.78, 5) is 0. The van der Waals surface area contributed by atoms with Gasteiger partial charge >= 0.3 is 0 Å². The number of aromatic nitrogens is 5. The van der Waals surface area contributed by atoms with Crippen LogP contribution in [0.5, 0.6) is 0 Å². The van der Waals surface area contributed by atoms with Crippen LogP contribution in [0.4, 0.5) is 0 Å². The largest absolute Gasteiger partial charge is 0.335 e. The second-order valence-electron chi connectivity index (χ2n) is 6.13. The Kier molecular flexibility index (Phi) is 4.87. The molecule has 27 heavy (non-hydrogen) atoms. The van der Waals surface area contributed by atoms with Crippen molar-refractivity contribution in [3.05, 3.63) is 70.7 Å². The van der Waals surface area contributed by atoms with Gasteiger partial charge in [-0.15, -0.1) is 10.2 Å². The Labute approximate surface area is 165 Å². The second kappa shape index (κ2) is 7.46. The number of aromatic amines is 1. The Balaban J connectivity index is 1.53. The highest BCUT2D eigenvalue weighted by atomic mass is 35.5. The van der Waals surface area contributed by atoms with Gasteiger partial charge in [0.2, 0.25) is 11.0 Å². The first kappa shape index (κ1) is 17.6. The van der Waals surface area contributed by atoms with E-state index in [0.29, 0.717) is 21.8 Å². The Morgan fingerprint density at radius 3 is 2.70 bits per heavy atom. The van der Waals surface area contributed by atoms with Gasteiger partial charge in [-0.25, -0.2) is 4.68 Å². The summed E-state index contributed by atoms with van der Waals surface area (Å²) in [5, 5.41) is 17.1. The molecule has 2 aromatic heterocycles. The molecule has 0 saturated carbocycles. The number of nitrogens with one attached hydrogen (secondary N) is 1. The predicted octanol–water partition coefficient (Wildman–Crippen LogP) is 4.30. The minimum absolute atomic E-state index is 0.537. The van der Waals surface area contributed by atoms with E-state index in [4.69, 9.17) is 17.4 Å². The molecule has 136 valence electrons. The normalized spacial score (nSPS) is 11.0. The molecule has 4 aromatic rings. The van der Waals surface area contributed by atoms with Gasteiger partial charge in [-0.2, -0.15) is 5.10 Å². The molecule has 2 aromatic carbocycles. The molecule has 0 radical (unpaired) electrons. The molecule has 0 aliphatic heterocycles. The molecular weight excluding hydrogens is 380 g/mol. The first-order valence-electron chi connectivity index (χ1n) is 8.31. The SMILES string of the molecule is Cc1ccc(-c2cc(-c3nnc(SCc4cccc(Cl)c4)n3N)[nH]n2)cc1. The summed E-state index contributed by atoms with van der Waals surface area (Å²) in [7, 11) is 0. The molecule has 0 amide bonds. The first-order chi connectivity index (χ1) is 13.1. The summed E-state index contributed by atoms with van der Waals surface area (Å²) in [5.74, 6) is 7.43. The minimum atomic E-state index is 0.537. The Bertz CT molecular complexity index is 1070. The van der Waals surface area contributed by atoms with E-state index in [-0.39, 0.29) is 0 Å². The Hall–Kier alpha value is -2.77. The van der Waals surface area contributed by atoms with Crippen molar-refractivity contribution in [1.29, 1.82) is 0 Å². The molecular formula is C19H17ClN6S. The number of benzene rings is 2. The van der Waals surface area contributed by atoms with Crippen molar-refractivity contribution in [2.75, 3.05) is 5.84 Å². The van der Waals surface area contributed by atoms with Crippen LogP contribution in [0.1, 0.15) is 11.1 Å². The lowest BCUT2D eigenvalue weighted by molar-refractivity contribution is 0.847. The molecule has 2 heterocycles. The van der Waals surface area contributed by atoms with Crippen molar-refractivity contribution in [3.63, 3.8) is 0 Å². The van der Waals surface area contributed by atoms with Gasteiger partial charge in [0.05, 0.1) is 5.69 Å². The van der Waals surface area contributed by atoms with Crippen LogP contribution in [-0.2, 0) is 5.75 Å². The zero-order valence-electron chi connectivity index (χ0n) is 14.6. The third kappa shape index (κ3) is 3.84. The molecule has 0 spiro atoms. The summed E-state index contributed by atoms with van der Waals surface area (Å²) in [6.07, 6.45) is 0. The van der Waals surface area contributed by atoms with E-state index >= 15 is 0 Å². The number of H-pyrrole nitrogens is 1. The van der Waals surface area contributed by atoms with Crippen LogP contribution in [0, 0.1) is 6.92 Å². The van der Waals surface area contributed by atoms with E-state index in [1.54, 1.807) is 0 Å². The van der Waals surface area contributed by atoms with Crippen molar-refractivity contribution in [1.82, 2.24) is 25.1 Å². The second-order valence-corrected chi connectivity index (χ2v) is 7.51. The van der Waals surface area contributed by atoms with Crippen molar-refractivity contribution in [3.8, 4) is 22.8 Å².